The second-order valence-corrected chi connectivity index (χ2v) is 11.6. The van der Waals surface area contributed by atoms with E-state index in [1.54, 1.807) is 24.3 Å². The fraction of sp³-hybridized carbons (Fsp3) is 0.485. The number of amides is 1. The van der Waals surface area contributed by atoms with Gasteiger partial charge in [-0.3, -0.25) is 9.69 Å². The molecule has 0 bridgehead atoms. The van der Waals surface area contributed by atoms with E-state index in [-0.39, 0.29) is 24.6 Å². The monoisotopic (exact) mass is 617 g/mol. The van der Waals surface area contributed by atoms with Gasteiger partial charge in [0, 0.05) is 43.1 Å². The molecule has 4 N–H and O–H groups in total. The number of nitrogens with one attached hydrogen (secondary N) is 4. The molecule has 1 atom stereocenters. The Hall–Kier alpha value is -3.41. The average Bonchev–Trinajstić information content (AvgIpc) is 3.05. The van der Waals surface area contributed by atoms with Crippen LogP contribution in [0.3, 0.4) is 0 Å². The number of halogens is 4. The van der Waals surface area contributed by atoms with Gasteiger partial charge < -0.3 is 26.0 Å². The van der Waals surface area contributed by atoms with E-state index >= 15 is 0 Å². The number of ether oxygens (including phenoxy) is 1. The number of carbonyl (C=O) groups excluding carboxylic acids is 1. The predicted molar refractivity (Wildman–Crippen MR) is 165 cm³/mol. The van der Waals surface area contributed by atoms with Gasteiger partial charge in [-0.2, -0.15) is 13.2 Å². The normalized spacial score (nSPS) is 19.6. The Balaban J connectivity index is 1.45. The summed E-state index contributed by atoms with van der Waals surface area (Å²) in [7, 11) is 0. The smallest absolute Gasteiger partial charge is 0.382 e. The van der Waals surface area contributed by atoms with Crippen LogP contribution < -0.4 is 21.3 Å². The van der Waals surface area contributed by atoms with Gasteiger partial charge in [0.05, 0.1) is 37.4 Å². The van der Waals surface area contributed by atoms with Crippen LogP contribution in [0.1, 0.15) is 42.4 Å². The highest BCUT2D eigenvalue weighted by molar-refractivity contribution is 5.78. The first-order valence-electron chi connectivity index (χ1n) is 15.2. The van der Waals surface area contributed by atoms with Gasteiger partial charge in [-0.05, 0) is 61.9 Å². The van der Waals surface area contributed by atoms with Gasteiger partial charge in [0.25, 0.3) is 0 Å². The Morgan fingerprint density at radius 1 is 1.05 bits per heavy atom. The molecule has 4 rings (SSSR count). The van der Waals surface area contributed by atoms with E-state index in [1.807, 2.05) is 0 Å². The third-order valence-electron chi connectivity index (χ3n) is 8.27. The van der Waals surface area contributed by atoms with Crippen LogP contribution in [-0.4, -0.2) is 68.8 Å². The van der Waals surface area contributed by atoms with Crippen molar-refractivity contribution in [1.29, 1.82) is 0 Å². The molecule has 1 fully saturated rings. The largest absolute Gasteiger partial charge is 0.418 e. The lowest BCUT2D eigenvalue weighted by Gasteiger charge is -2.37. The minimum Gasteiger partial charge on any atom is -0.382 e. The number of fused-ring (bicyclic) bond motifs is 1. The summed E-state index contributed by atoms with van der Waals surface area (Å²) < 4.78 is 61.1. The quantitative estimate of drug-likeness (QED) is 0.198. The minimum absolute atomic E-state index is 0.0590. The molecule has 2 heterocycles. The molecular formula is C33H43F4N5O2. The molecule has 44 heavy (non-hydrogen) atoms. The van der Waals surface area contributed by atoms with Crippen molar-refractivity contribution in [2.75, 3.05) is 57.8 Å². The van der Waals surface area contributed by atoms with Gasteiger partial charge in [-0.25, -0.2) is 4.39 Å². The second kappa shape index (κ2) is 15.5. The molecule has 0 aliphatic carbocycles. The van der Waals surface area contributed by atoms with Gasteiger partial charge in [0.2, 0.25) is 5.91 Å². The summed E-state index contributed by atoms with van der Waals surface area (Å²) >= 11 is 0. The first-order valence-corrected chi connectivity index (χ1v) is 15.2. The van der Waals surface area contributed by atoms with Crippen LogP contribution in [0.15, 0.2) is 67.0 Å². The van der Waals surface area contributed by atoms with E-state index in [2.05, 4.69) is 39.3 Å². The molecule has 0 spiro atoms. The second-order valence-electron chi connectivity index (χ2n) is 11.6. The fourth-order valence-electron chi connectivity index (χ4n) is 5.77. The molecule has 0 unspecified atom stereocenters. The number of rotatable bonds is 12. The zero-order valence-electron chi connectivity index (χ0n) is 25.1. The third kappa shape index (κ3) is 9.80. The number of alkyl halides is 3. The van der Waals surface area contributed by atoms with Crippen LogP contribution in [-0.2, 0) is 28.5 Å². The average molecular weight is 618 g/mol. The lowest BCUT2D eigenvalue weighted by Crippen LogP contribution is -2.49. The molecule has 0 radical (unpaired) electrons. The van der Waals surface area contributed by atoms with Crippen molar-refractivity contribution in [3.05, 3.63) is 89.5 Å². The lowest BCUT2D eigenvalue weighted by atomic mass is 9.83. The Morgan fingerprint density at radius 3 is 2.55 bits per heavy atom. The number of anilines is 1. The Bertz CT molecular complexity index is 1300. The number of nitrogens with zero attached hydrogens (tertiary/aromatic N) is 1. The van der Waals surface area contributed by atoms with E-state index in [0.29, 0.717) is 61.2 Å². The molecule has 2 aliphatic heterocycles. The maximum Gasteiger partial charge on any atom is 0.418 e. The number of para-hydroxylation sites is 1. The molecular weight excluding hydrogens is 574 g/mol. The van der Waals surface area contributed by atoms with Crippen molar-refractivity contribution in [3.8, 4) is 0 Å². The highest BCUT2D eigenvalue weighted by atomic mass is 19.4. The summed E-state index contributed by atoms with van der Waals surface area (Å²) in [4.78, 5) is 14.9. The van der Waals surface area contributed by atoms with E-state index in [0.717, 1.165) is 45.5 Å². The van der Waals surface area contributed by atoms with Crippen molar-refractivity contribution >= 4 is 11.6 Å². The maximum absolute atomic E-state index is 14.0. The first kappa shape index (κ1) is 33.5. The summed E-state index contributed by atoms with van der Waals surface area (Å²) in [6, 6.07) is 10.4. The number of allylic oxidation sites excluding steroid dienone is 1. The van der Waals surface area contributed by atoms with E-state index in [9.17, 15) is 22.4 Å². The minimum atomic E-state index is -4.50. The van der Waals surface area contributed by atoms with Crippen molar-refractivity contribution in [1.82, 2.24) is 20.9 Å². The molecule has 11 heteroatoms. The van der Waals surface area contributed by atoms with Crippen LogP contribution in [0.25, 0.3) is 0 Å². The van der Waals surface area contributed by atoms with Gasteiger partial charge in [-0.15, -0.1) is 0 Å². The Morgan fingerprint density at radius 2 is 1.80 bits per heavy atom. The molecule has 2 aromatic rings. The Kier molecular flexibility index (Phi) is 11.8. The number of hydrogen-bond acceptors (Lipinski definition) is 6. The van der Waals surface area contributed by atoms with Gasteiger partial charge in [-0.1, -0.05) is 43.5 Å². The summed E-state index contributed by atoms with van der Waals surface area (Å²) in [5.41, 5.74) is 0.773. The van der Waals surface area contributed by atoms with Crippen LogP contribution in [0.2, 0.25) is 0 Å². The zero-order valence-corrected chi connectivity index (χ0v) is 25.1. The molecule has 240 valence electrons. The molecule has 0 aromatic heterocycles. The summed E-state index contributed by atoms with van der Waals surface area (Å²) in [6.45, 7) is 14.0. The van der Waals surface area contributed by atoms with Crippen molar-refractivity contribution in [2.24, 2.45) is 0 Å². The summed E-state index contributed by atoms with van der Waals surface area (Å²) in [6.07, 6.45) is -1.93. The van der Waals surface area contributed by atoms with Crippen LogP contribution in [0.4, 0.5) is 23.2 Å². The summed E-state index contributed by atoms with van der Waals surface area (Å²) in [5.74, 6) is -0.773. The SMILES string of the molecule is C=C1CC[C@@](CCNCCN2CCOCC2)(NC(=C)CNC(=O)Cc2ccccc2F)CCc2cccc(C(F)(F)F)c2N1. The highest BCUT2D eigenvalue weighted by Gasteiger charge is 2.36. The third-order valence-corrected chi connectivity index (χ3v) is 8.27. The molecule has 1 amide bonds. The fourth-order valence-corrected chi connectivity index (χ4v) is 5.77. The van der Waals surface area contributed by atoms with Crippen molar-refractivity contribution in [3.63, 3.8) is 0 Å². The number of carbonyl (C=O) groups is 1. The van der Waals surface area contributed by atoms with Gasteiger partial charge in [0.1, 0.15) is 5.82 Å². The molecule has 2 aliphatic rings. The standard InChI is InChI=1S/C33H43F4N5O2/c1-24-10-12-32(14-15-38-16-17-42-18-20-44-21-19-42,13-11-26-7-5-8-28(31(26)40-24)33(35,36)37)41-25(2)23-39-30(43)22-27-6-3-4-9-29(27)34/h3-9,38,40-41H,1-2,10-23H2,(H,39,43)/t32-/m1/s1. The first-order chi connectivity index (χ1) is 21.0. The van der Waals surface area contributed by atoms with E-state index in [4.69, 9.17) is 4.74 Å². The molecule has 0 saturated carbocycles. The number of morpholine rings is 1. The van der Waals surface area contributed by atoms with Crippen LogP contribution in [0.5, 0.6) is 0 Å². The summed E-state index contributed by atoms with van der Waals surface area (Å²) in [5, 5.41) is 12.9. The van der Waals surface area contributed by atoms with Gasteiger partial charge >= 0.3 is 6.18 Å². The molecule has 7 nitrogen and oxygen atoms in total. The lowest BCUT2D eigenvalue weighted by molar-refractivity contribution is -0.137. The topological polar surface area (TPSA) is 77.7 Å². The maximum atomic E-state index is 14.0. The van der Waals surface area contributed by atoms with Crippen LogP contribution >= 0.6 is 0 Å². The number of aryl methyl sites for hydroxylation is 1. The van der Waals surface area contributed by atoms with E-state index < -0.39 is 23.1 Å². The predicted octanol–water partition coefficient (Wildman–Crippen LogP) is 5.01. The number of hydrogen-bond donors (Lipinski definition) is 4. The van der Waals surface area contributed by atoms with Crippen molar-refractivity contribution < 1.29 is 27.1 Å². The van der Waals surface area contributed by atoms with E-state index in [1.165, 1.54) is 12.1 Å². The Labute approximate surface area is 257 Å². The van der Waals surface area contributed by atoms with Crippen LogP contribution in [0, 0.1) is 5.82 Å². The molecule has 2 aromatic carbocycles. The van der Waals surface area contributed by atoms with Gasteiger partial charge in [0.15, 0.2) is 0 Å². The van der Waals surface area contributed by atoms with Crippen molar-refractivity contribution in [2.45, 2.75) is 50.2 Å². The molecule has 1 saturated heterocycles. The highest BCUT2D eigenvalue weighted by Crippen LogP contribution is 2.40. The number of benzene rings is 2. The zero-order chi connectivity index (χ0) is 31.6.